The molecule has 0 aliphatic rings. The Balaban J connectivity index is 0.00000196. The van der Waals surface area contributed by atoms with Crippen molar-refractivity contribution in [2.75, 3.05) is 6.61 Å². The van der Waals surface area contributed by atoms with Gasteiger partial charge in [0.2, 0.25) is 0 Å². The van der Waals surface area contributed by atoms with Crippen LogP contribution < -0.4 is 0 Å². The second-order valence-electron chi connectivity index (χ2n) is 2.84. The van der Waals surface area contributed by atoms with Gasteiger partial charge in [0.15, 0.2) is 17.4 Å². The lowest BCUT2D eigenvalue weighted by atomic mass is 10.1. The molecule has 0 aromatic heterocycles. The fourth-order valence-corrected chi connectivity index (χ4v) is 1.41. The minimum absolute atomic E-state index is 0. The molecule has 1 rings (SSSR count). The molecule has 0 atom stereocenters. The Morgan fingerprint density at radius 1 is 1.20 bits per heavy atom. The zero-order chi connectivity index (χ0) is 10.4. The van der Waals surface area contributed by atoms with Gasteiger partial charge in [-0.25, -0.2) is 4.18 Å². The van der Waals surface area contributed by atoms with E-state index in [0.717, 1.165) is 12.0 Å². The van der Waals surface area contributed by atoms with Gasteiger partial charge in [0.25, 0.3) is 0 Å². The highest BCUT2D eigenvalue weighted by molar-refractivity contribution is 7.80. The van der Waals surface area contributed by atoms with Crippen molar-refractivity contribution in [2.24, 2.45) is 0 Å². The molecule has 0 amide bonds. The van der Waals surface area contributed by atoms with Gasteiger partial charge in [-0.3, -0.25) is 4.55 Å². The van der Waals surface area contributed by atoms with Crippen molar-refractivity contribution in [1.82, 2.24) is 0 Å². The second kappa shape index (κ2) is 6.99. The molecule has 1 aromatic carbocycles. The first-order valence-corrected chi connectivity index (χ1v) is 5.60. The molecule has 0 saturated carbocycles. The van der Waals surface area contributed by atoms with Crippen molar-refractivity contribution in [1.29, 1.82) is 0 Å². The van der Waals surface area contributed by atoms with Crippen LogP contribution in [0.15, 0.2) is 30.3 Å². The molecule has 0 spiro atoms. The molecule has 0 radical (unpaired) electrons. The van der Waals surface area contributed by atoms with E-state index in [1.54, 1.807) is 0 Å². The molecule has 0 fully saturated rings. The van der Waals surface area contributed by atoms with Crippen LogP contribution in [0.4, 0.5) is 0 Å². The van der Waals surface area contributed by atoms with E-state index in [1.807, 2.05) is 30.3 Å². The van der Waals surface area contributed by atoms with Crippen molar-refractivity contribution in [3.63, 3.8) is 0 Å². The molecule has 1 aromatic rings. The molecule has 0 unspecified atom stereocenters. The van der Waals surface area contributed by atoms with Crippen molar-refractivity contribution in [3.05, 3.63) is 35.9 Å². The monoisotopic (exact) mass is 246 g/mol. The van der Waals surface area contributed by atoms with E-state index in [9.17, 15) is 8.42 Å². The molecular weight excluding hydrogens is 231 g/mol. The molecule has 0 aliphatic carbocycles. The summed E-state index contributed by atoms with van der Waals surface area (Å²) in [4.78, 5) is 0. The first-order valence-electron chi connectivity index (χ1n) is 4.24. The zero-order valence-corrected chi connectivity index (χ0v) is 8.40. The summed E-state index contributed by atoms with van der Waals surface area (Å²) in [5, 5.41) is 0. The quantitative estimate of drug-likeness (QED) is 0.459. The van der Waals surface area contributed by atoms with Crippen LogP contribution in [0.3, 0.4) is 0 Å². The lowest BCUT2D eigenvalue weighted by molar-refractivity contribution is 0.265. The van der Waals surface area contributed by atoms with Gasteiger partial charge in [0.1, 0.15) is 0 Å². The van der Waals surface area contributed by atoms with Crippen LogP contribution in [0.1, 0.15) is 12.0 Å². The van der Waals surface area contributed by atoms with Crippen LogP contribution >= 0.6 is 0 Å². The van der Waals surface area contributed by atoms with Crippen molar-refractivity contribution < 1.29 is 17.2 Å². The van der Waals surface area contributed by atoms with Gasteiger partial charge in [-0.05, 0) is 18.4 Å². The standard InChI is InChI=1S/C9H12O4S.Al.3H/c10-14(11,12)13-8-4-7-9-5-2-1-3-6-9;;;;/h1-3,5-6H,4,7-8H2,(H,10,11,12);;;;. The normalized spacial score (nSPS) is 10.7. The summed E-state index contributed by atoms with van der Waals surface area (Å²) < 4.78 is 32.8. The minimum atomic E-state index is -4.28. The summed E-state index contributed by atoms with van der Waals surface area (Å²) in [5.41, 5.74) is 1.12. The Morgan fingerprint density at radius 3 is 2.33 bits per heavy atom. The van der Waals surface area contributed by atoms with E-state index in [2.05, 4.69) is 4.18 Å². The first-order chi connectivity index (χ1) is 6.58. The molecule has 4 nitrogen and oxygen atoms in total. The fourth-order valence-electron chi connectivity index (χ4n) is 1.09. The van der Waals surface area contributed by atoms with Crippen molar-refractivity contribution in [3.8, 4) is 0 Å². The van der Waals surface area contributed by atoms with Crippen LogP contribution in [-0.4, -0.2) is 36.9 Å². The van der Waals surface area contributed by atoms with Crippen LogP contribution in [0.25, 0.3) is 0 Å². The summed E-state index contributed by atoms with van der Waals surface area (Å²) in [6.07, 6.45) is 1.29. The smallest absolute Gasteiger partial charge is 0.264 e. The predicted octanol–water partition coefficient (Wildman–Crippen LogP) is 0.255. The third-order valence-electron chi connectivity index (χ3n) is 1.68. The third-order valence-corrected chi connectivity index (χ3v) is 2.15. The van der Waals surface area contributed by atoms with Gasteiger partial charge in [-0.15, -0.1) is 0 Å². The highest BCUT2D eigenvalue weighted by atomic mass is 32.3. The number of hydrogen-bond donors (Lipinski definition) is 1. The van der Waals surface area contributed by atoms with E-state index in [4.69, 9.17) is 4.55 Å². The van der Waals surface area contributed by atoms with E-state index >= 15 is 0 Å². The second-order valence-corrected chi connectivity index (χ2v) is 3.93. The van der Waals surface area contributed by atoms with Gasteiger partial charge in [-0.1, -0.05) is 30.3 Å². The number of hydrogen-bond acceptors (Lipinski definition) is 3. The molecule has 6 heteroatoms. The molecule has 0 heterocycles. The van der Waals surface area contributed by atoms with E-state index < -0.39 is 10.4 Å². The number of rotatable bonds is 5. The van der Waals surface area contributed by atoms with E-state index in [0.29, 0.717) is 6.42 Å². The summed E-state index contributed by atoms with van der Waals surface area (Å²) in [6.45, 7) is 0.00767. The van der Waals surface area contributed by atoms with Crippen molar-refractivity contribution >= 4 is 27.8 Å². The minimum Gasteiger partial charge on any atom is -0.264 e. The van der Waals surface area contributed by atoms with Crippen LogP contribution in [0.5, 0.6) is 0 Å². The highest BCUT2D eigenvalue weighted by Gasteiger charge is 2.02. The lowest BCUT2D eigenvalue weighted by Crippen LogP contribution is -2.05. The van der Waals surface area contributed by atoms with Crippen LogP contribution in [0, 0.1) is 0 Å². The Bertz CT molecular complexity index is 363. The van der Waals surface area contributed by atoms with Gasteiger partial charge >= 0.3 is 10.4 Å². The number of aryl methyl sites for hydroxylation is 1. The lowest BCUT2D eigenvalue weighted by Gasteiger charge is -2.00. The van der Waals surface area contributed by atoms with Gasteiger partial charge in [0.05, 0.1) is 6.61 Å². The molecule has 15 heavy (non-hydrogen) atoms. The maximum atomic E-state index is 10.2. The Kier molecular flexibility index (Phi) is 6.81. The van der Waals surface area contributed by atoms with Crippen LogP contribution in [0.2, 0.25) is 0 Å². The predicted molar refractivity (Wildman–Crippen MR) is 62.2 cm³/mol. The first kappa shape index (κ1) is 14.6. The average molecular weight is 246 g/mol. The molecular formula is C9H15AlO4S. The van der Waals surface area contributed by atoms with Crippen molar-refractivity contribution in [2.45, 2.75) is 12.8 Å². The summed E-state index contributed by atoms with van der Waals surface area (Å²) in [6, 6.07) is 9.65. The SMILES string of the molecule is O=S(=O)(O)OCCCc1ccccc1.[AlH3]. The molecule has 84 valence electrons. The van der Waals surface area contributed by atoms with Gasteiger partial charge in [0, 0.05) is 0 Å². The largest absolute Gasteiger partial charge is 0.397 e. The summed E-state index contributed by atoms with van der Waals surface area (Å²) in [7, 11) is -4.28. The Hall–Kier alpha value is -0.378. The molecule has 0 bridgehead atoms. The average Bonchev–Trinajstić information content (AvgIpc) is 2.13. The molecule has 1 N–H and O–H groups in total. The maximum absolute atomic E-state index is 10.2. The summed E-state index contributed by atoms with van der Waals surface area (Å²) >= 11 is 0. The van der Waals surface area contributed by atoms with Crippen LogP contribution in [-0.2, 0) is 21.0 Å². The fraction of sp³-hybridized carbons (Fsp3) is 0.333. The molecule has 0 aliphatic heterocycles. The topological polar surface area (TPSA) is 63.6 Å². The number of benzene rings is 1. The Morgan fingerprint density at radius 2 is 1.80 bits per heavy atom. The van der Waals surface area contributed by atoms with Gasteiger partial charge < -0.3 is 0 Å². The van der Waals surface area contributed by atoms with E-state index in [1.165, 1.54) is 0 Å². The molecule has 0 saturated heterocycles. The maximum Gasteiger partial charge on any atom is 0.397 e. The highest BCUT2D eigenvalue weighted by Crippen LogP contribution is 2.02. The Labute approximate surface area is 100 Å². The third kappa shape index (κ3) is 7.54. The zero-order valence-electron chi connectivity index (χ0n) is 7.59. The van der Waals surface area contributed by atoms with E-state index in [-0.39, 0.29) is 24.0 Å². The van der Waals surface area contributed by atoms with Gasteiger partial charge in [-0.2, -0.15) is 8.42 Å². The summed E-state index contributed by atoms with van der Waals surface area (Å²) in [5.74, 6) is 0.